The maximum Gasteiger partial charge on any atom is 0.274 e. The molecule has 49 valence electrons. The molecule has 0 unspecified atom stereocenters. The summed E-state index contributed by atoms with van der Waals surface area (Å²) in [4.78, 5) is 10.9. The highest BCUT2D eigenvalue weighted by atomic mass is 16.2. The number of fused-ring (bicyclic) bond motifs is 1. The molecule has 0 N–H and O–H groups in total. The highest BCUT2D eigenvalue weighted by molar-refractivity contribution is 5.92. The van der Waals surface area contributed by atoms with Crippen molar-refractivity contribution in [2.24, 2.45) is 0 Å². The standard InChI is InChI=1S/C6H4N3O/c10-6-2-3-7-5-1-4-8-9(5)6/h1-4H. The lowest BCUT2D eigenvalue weighted by molar-refractivity contribution is 0.0951. The summed E-state index contributed by atoms with van der Waals surface area (Å²) in [6.07, 6.45) is 4.39. The lowest BCUT2D eigenvalue weighted by Crippen LogP contribution is -2.15. The number of hydrogen-bond donors (Lipinski definition) is 0. The highest BCUT2D eigenvalue weighted by Crippen LogP contribution is 2.09. The van der Waals surface area contributed by atoms with Crippen molar-refractivity contribution in [3.8, 4) is 0 Å². The van der Waals surface area contributed by atoms with Crippen LogP contribution in [0.15, 0.2) is 24.5 Å². The summed E-state index contributed by atoms with van der Waals surface area (Å²) in [7, 11) is 0. The van der Waals surface area contributed by atoms with Crippen LogP contribution in [0.5, 0.6) is 0 Å². The zero-order chi connectivity index (χ0) is 6.97. The minimum Gasteiger partial charge on any atom is -0.267 e. The second kappa shape index (κ2) is 1.70. The maximum absolute atomic E-state index is 10.9. The van der Waals surface area contributed by atoms with Crippen LogP contribution in [0.3, 0.4) is 0 Å². The first-order valence-electron chi connectivity index (χ1n) is 2.84. The number of aromatic nitrogens is 2. The smallest absolute Gasteiger partial charge is 0.267 e. The summed E-state index contributed by atoms with van der Waals surface area (Å²) in [5.74, 6) is 0.447. The molecule has 0 saturated heterocycles. The molecule has 1 aliphatic heterocycles. The Morgan fingerprint density at radius 1 is 1.50 bits per heavy atom. The van der Waals surface area contributed by atoms with Gasteiger partial charge in [-0.1, -0.05) is 0 Å². The molecule has 0 fully saturated rings. The molecule has 4 nitrogen and oxygen atoms in total. The summed E-state index contributed by atoms with van der Waals surface area (Å²) in [5.41, 5.74) is 0. The third kappa shape index (κ3) is 0.556. The molecule has 1 aromatic rings. The first-order chi connectivity index (χ1) is 4.88. The van der Waals surface area contributed by atoms with Crippen LogP contribution in [0.4, 0.5) is 5.82 Å². The van der Waals surface area contributed by atoms with E-state index in [1.54, 1.807) is 12.3 Å². The second-order valence-corrected chi connectivity index (χ2v) is 1.88. The van der Waals surface area contributed by atoms with Gasteiger partial charge in [-0.2, -0.15) is 9.78 Å². The molecule has 1 aromatic heterocycles. The number of carbonyl (C=O) groups excluding carboxylic acids is 1. The van der Waals surface area contributed by atoms with E-state index in [0.29, 0.717) is 5.82 Å². The number of carbonyl (C=O) groups is 1. The van der Waals surface area contributed by atoms with Gasteiger partial charge in [0, 0.05) is 18.3 Å². The maximum atomic E-state index is 10.9. The van der Waals surface area contributed by atoms with Crippen molar-refractivity contribution in [1.82, 2.24) is 15.1 Å². The monoisotopic (exact) mass is 134 g/mol. The quantitative estimate of drug-likeness (QED) is 0.512. The Bertz CT molecular complexity index is 300. The fraction of sp³-hybridized carbons (Fsp3) is 0. The molecule has 0 atom stereocenters. The molecule has 1 radical (unpaired) electrons. The molecule has 0 aliphatic carbocycles. The summed E-state index contributed by atoms with van der Waals surface area (Å²) in [6, 6.07) is 1.68. The van der Waals surface area contributed by atoms with Crippen LogP contribution in [0.2, 0.25) is 0 Å². The molecule has 2 heterocycles. The fourth-order valence-corrected chi connectivity index (χ4v) is 0.812. The zero-order valence-corrected chi connectivity index (χ0v) is 5.06. The normalized spacial score (nSPS) is 14.6. The second-order valence-electron chi connectivity index (χ2n) is 1.88. The molecule has 0 spiro atoms. The van der Waals surface area contributed by atoms with E-state index in [4.69, 9.17) is 0 Å². The van der Waals surface area contributed by atoms with Gasteiger partial charge in [-0.25, -0.2) is 5.32 Å². The molecule has 0 bridgehead atoms. The average Bonchev–Trinajstić information content (AvgIpc) is 2.36. The van der Waals surface area contributed by atoms with Crippen LogP contribution in [0.25, 0.3) is 0 Å². The zero-order valence-electron chi connectivity index (χ0n) is 5.06. The van der Waals surface area contributed by atoms with Crippen LogP contribution in [-0.2, 0) is 0 Å². The van der Waals surface area contributed by atoms with Crippen LogP contribution < -0.4 is 5.32 Å². The molecule has 4 heteroatoms. The third-order valence-corrected chi connectivity index (χ3v) is 1.26. The number of nitrogens with zero attached hydrogens (tertiary/aromatic N) is 3. The highest BCUT2D eigenvalue weighted by Gasteiger charge is 2.11. The van der Waals surface area contributed by atoms with Crippen LogP contribution in [0, 0.1) is 0 Å². The van der Waals surface area contributed by atoms with Gasteiger partial charge in [-0.15, -0.1) is 0 Å². The first-order valence-corrected chi connectivity index (χ1v) is 2.84. The summed E-state index contributed by atoms with van der Waals surface area (Å²) in [6.45, 7) is 0. The molecular formula is C6H4N3O. The van der Waals surface area contributed by atoms with E-state index in [9.17, 15) is 4.79 Å². The summed E-state index contributed by atoms with van der Waals surface area (Å²) < 4.78 is 1.25. The lowest BCUT2D eigenvalue weighted by Gasteiger charge is -2.03. The van der Waals surface area contributed by atoms with Crippen molar-refractivity contribution in [1.29, 1.82) is 0 Å². The van der Waals surface area contributed by atoms with E-state index >= 15 is 0 Å². The molecule has 0 aromatic carbocycles. The predicted octanol–water partition coefficient (Wildman–Crippen LogP) is 0.286. The van der Waals surface area contributed by atoms with E-state index in [2.05, 4.69) is 10.4 Å². The number of rotatable bonds is 0. The Morgan fingerprint density at radius 3 is 3.20 bits per heavy atom. The van der Waals surface area contributed by atoms with Crippen molar-refractivity contribution < 1.29 is 4.79 Å². The molecule has 10 heavy (non-hydrogen) atoms. The Morgan fingerprint density at radius 2 is 2.40 bits per heavy atom. The van der Waals surface area contributed by atoms with Gasteiger partial charge in [-0.3, -0.25) is 4.79 Å². The molecule has 0 amide bonds. The fourth-order valence-electron chi connectivity index (χ4n) is 0.812. The van der Waals surface area contributed by atoms with Gasteiger partial charge in [0.1, 0.15) is 0 Å². The van der Waals surface area contributed by atoms with Crippen molar-refractivity contribution in [2.45, 2.75) is 0 Å². The van der Waals surface area contributed by atoms with Crippen molar-refractivity contribution >= 4 is 11.7 Å². The van der Waals surface area contributed by atoms with Gasteiger partial charge >= 0.3 is 0 Å². The van der Waals surface area contributed by atoms with E-state index < -0.39 is 0 Å². The van der Waals surface area contributed by atoms with Gasteiger partial charge in [0.05, 0.1) is 6.20 Å². The van der Waals surface area contributed by atoms with E-state index in [1.165, 1.54) is 17.0 Å². The van der Waals surface area contributed by atoms with E-state index in [-0.39, 0.29) is 5.91 Å². The summed E-state index contributed by atoms with van der Waals surface area (Å²) >= 11 is 0. The van der Waals surface area contributed by atoms with Crippen molar-refractivity contribution in [3.05, 3.63) is 24.5 Å². The Balaban J connectivity index is 2.58. The van der Waals surface area contributed by atoms with Gasteiger partial charge in [-0.05, 0) is 0 Å². The molecule has 0 saturated carbocycles. The van der Waals surface area contributed by atoms with Gasteiger partial charge < -0.3 is 0 Å². The number of allylic oxidation sites excluding steroid dienone is 1. The third-order valence-electron chi connectivity index (χ3n) is 1.26. The van der Waals surface area contributed by atoms with Gasteiger partial charge in [0.25, 0.3) is 5.91 Å². The van der Waals surface area contributed by atoms with E-state index in [1.807, 2.05) is 0 Å². The molecule has 2 rings (SSSR count). The summed E-state index contributed by atoms with van der Waals surface area (Å²) in [5, 5.41) is 7.66. The minimum atomic E-state index is -0.144. The van der Waals surface area contributed by atoms with Crippen LogP contribution in [0.1, 0.15) is 4.79 Å². The lowest BCUT2D eigenvalue weighted by atomic mass is 10.5. The Hall–Kier alpha value is -1.58. The van der Waals surface area contributed by atoms with Crippen LogP contribution in [-0.4, -0.2) is 15.7 Å². The van der Waals surface area contributed by atoms with Gasteiger partial charge in [0.2, 0.25) is 0 Å². The molecule has 1 aliphatic rings. The SMILES string of the molecule is O=C1C=C[N]c2ccnn21. The predicted molar refractivity (Wildman–Crippen MR) is 33.8 cm³/mol. The van der Waals surface area contributed by atoms with Crippen molar-refractivity contribution in [3.63, 3.8) is 0 Å². The van der Waals surface area contributed by atoms with Gasteiger partial charge in [0.15, 0.2) is 5.82 Å². The minimum absolute atomic E-state index is 0.144. The number of hydrogen-bond acceptors (Lipinski definition) is 2. The Labute approximate surface area is 57.1 Å². The average molecular weight is 134 g/mol. The Kier molecular flexibility index (Phi) is 0.887. The largest absolute Gasteiger partial charge is 0.274 e. The topological polar surface area (TPSA) is 49.0 Å². The first kappa shape index (κ1) is 5.22. The molecular weight excluding hydrogens is 130 g/mol. The van der Waals surface area contributed by atoms with Crippen molar-refractivity contribution in [2.75, 3.05) is 0 Å². The van der Waals surface area contributed by atoms with Crippen LogP contribution >= 0.6 is 0 Å². The van der Waals surface area contributed by atoms with E-state index in [0.717, 1.165) is 0 Å².